The van der Waals surface area contributed by atoms with Crippen LogP contribution in [0.25, 0.3) is 21.8 Å². The number of fused-ring (bicyclic) bond motifs is 3. The van der Waals surface area contributed by atoms with Gasteiger partial charge in [0.1, 0.15) is 6.33 Å². The molecule has 3 rings (SSSR count). The van der Waals surface area contributed by atoms with Gasteiger partial charge in [-0.25, -0.2) is 9.97 Å². The van der Waals surface area contributed by atoms with Crippen LogP contribution in [0.3, 0.4) is 0 Å². The number of nitrogens with zero attached hydrogens (tertiary/aromatic N) is 2. The first-order valence-corrected chi connectivity index (χ1v) is 5.71. The molecule has 74 valence electrons. The average Bonchev–Trinajstić information content (AvgIpc) is 2.61. The molecule has 0 amide bonds. The Morgan fingerprint density at radius 3 is 3.00 bits per heavy atom. The lowest BCUT2D eigenvalue weighted by atomic mass is 10.1. The van der Waals surface area contributed by atoms with E-state index in [2.05, 4.69) is 56.6 Å². The first kappa shape index (κ1) is 9.08. The number of benzene rings is 1. The fourth-order valence-electron chi connectivity index (χ4n) is 1.84. The van der Waals surface area contributed by atoms with Gasteiger partial charge in [-0.05, 0) is 41.6 Å². The molecule has 0 fully saturated rings. The summed E-state index contributed by atoms with van der Waals surface area (Å²) in [4.78, 5) is 11.7. The maximum Gasteiger partial charge on any atom is 0.116 e. The first-order valence-electron chi connectivity index (χ1n) is 4.63. The van der Waals surface area contributed by atoms with Crippen molar-refractivity contribution in [1.82, 2.24) is 15.0 Å². The van der Waals surface area contributed by atoms with Gasteiger partial charge in [-0.1, -0.05) is 0 Å². The van der Waals surface area contributed by atoms with Gasteiger partial charge in [0, 0.05) is 26.2 Å². The molecule has 4 heteroatoms. The molecule has 0 saturated heterocycles. The van der Waals surface area contributed by atoms with Gasteiger partial charge in [-0.2, -0.15) is 0 Å². The van der Waals surface area contributed by atoms with E-state index in [0.717, 1.165) is 10.9 Å². The van der Waals surface area contributed by atoms with Crippen LogP contribution in [-0.4, -0.2) is 15.0 Å². The lowest BCUT2D eigenvalue weighted by Gasteiger charge is -1.99. The van der Waals surface area contributed by atoms with Crippen LogP contribution in [0.15, 0.2) is 24.7 Å². The molecule has 0 aliphatic rings. The quantitative estimate of drug-likeness (QED) is 0.649. The van der Waals surface area contributed by atoms with Gasteiger partial charge in [0.15, 0.2) is 0 Å². The molecule has 0 radical (unpaired) electrons. The van der Waals surface area contributed by atoms with Crippen LogP contribution in [0.4, 0.5) is 0 Å². The molecule has 15 heavy (non-hydrogen) atoms. The minimum absolute atomic E-state index is 1.00. The molecule has 1 aromatic carbocycles. The van der Waals surface area contributed by atoms with Crippen LogP contribution in [0.5, 0.6) is 0 Å². The number of aryl methyl sites for hydroxylation is 1. The van der Waals surface area contributed by atoms with Crippen molar-refractivity contribution in [2.24, 2.45) is 0 Å². The monoisotopic (exact) mass is 309 g/mol. The second-order valence-electron chi connectivity index (χ2n) is 3.55. The van der Waals surface area contributed by atoms with Gasteiger partial charge in [0.05, 0.1) is 11.0 Å². The third-order valence-corrected chi connectivity index (χ3v) is 3.34. The largest absolute Gasteiger partial charge is 0.358 e. The van der Waals surface area contributed by atoms with Crippen LogP contribution in [-0.2, 0) is 0 Å². The van der Waals surface area contributed by atoms with Gasteiger partial charge in [-0.3, -0.25) is 0 Å². The number of hydrogen-bond acceptors (Lipinski definition) is 2. The lowest BCUT2D eigenvalue weighted by Crippen LogP contribution is -1.84. The Balaban J connectivity index is 2.63. The molecule has 0 saturated carbocycles. The smallest absolute Gasteiger partial charge is 0.116 e. The summed E-state index contributed by atoms with van der Waals surface area (Å²) in [6.45, 7) is 2.06. The van der Waals surface area contributed by atoms with E-state index in [1.165, 1.54) is 20.2 Å². The highest BCUT2D eigenvalue weighted by Gasteiger charge is 2.07. The maximum absolute atomic E-state index is 4.27. The summed E-state index contributed by atoms with van der Waals surface area (Å²) < 4.78 is 1.20. The Bertz CT molecular complexity index is 657. The van der Waals surface area contributed by atoms with Crippen molar-refractivity contribution in [3.63, 3.8) is 0 Å². The van der Waals surface area contributed by atoms with E-state index < -0.39 is 0 Å². The second kappa shape index (κ2) is 3.16. The number of rotatable bonds is 0. The minimum atomic E-state index is 1.00. The fraction of sp³-hybridized carbons (Fsp3) is 0.0909. The molecule has 3 aromatic rings. The summed E-state index contributed by atoms with van der Waals surface area (Å²) in [7, 11) is 0. The van der Waals surface area contributed by atoms with Gasteiger partial charge in [-0.15, -0.1) is 0 Å². The third kappa shape index (κ3) is 1.31. The predicted octanol–water partition coefficient (Wildman–Crippen LogP) is 3.02. The lowest BCUT2D eigenvalue weighted by molar-refractivity contribution is 1.22. The van der Waals surface area contributed by atoms with Crippen molar-refractivity contribution in [3.05, 3.63) is 33.9 Å². The average molecular weight is 309 g/mol. The van der Waals surface area contributed by atoms with E-state index in [-0.39, 0.29) is 0 Å². The highest BCUT2D eigenvalue weighted by atomic mass is 127. The van der Waals surface area contributed by atoms with Gasteiger partial charge >= 0.3 is 0 Å². The molecule has 0 unspecified atom stereocenters. The molecule has 0 spiro atoms. The Hall–Kier alpha value is -1.17. The van der Waals surface area contributed by atoms with Gasteiger partial charge in [0.2, 0.25) is 0 Å². The highest BCUT2D eigenvalue weighted by Crippen LogP contribution is 2.28. The number of H-pyrrole nitrogens is 1. The van der Waals surface area contributed by atoms with Crippen molar-refractivity contribution in [1.29, 1.82) is 0 Å². The van der Waals surface area contributed by atoms with Crippen LogP contribution in [0.1, 0.15) is 5.69 Å². The molecule has 0 bridgehead atoms. The van der Waals surface area contributed by atoms with Gasteiger partial charge in [0.25, 0.3) is 0 Å². The predicted molar refractivity (Wildman–Crippen MR) is 68.8 cm³/mol. The SMILES string of the molecule is Cc1cc2c([nH]1)c(I)cc1ncncc12. The summed E-state index contributed by atoms with van der Waals surface area (Å²) in [5.74, 6) is 0. The van der Waals surface area contributed by atoms with Crippen LogP contribution < -0.4 is 0 Å². The molecular formula is C11H8IN3. The van der Waals surface area contributed by atoms with Crippen LogP contribution in [0.2, 0.25) is 0 Å². The zero-order chi connectivity index (χ0) is 10.4. The Morgan fingerprint density at radius 1 is 1.27 bits per heavy atom. The Kier molecular flexibility index (Phi) is 1.92. The van der Waals surface area contributed by atoms with Crippen LogP contribution in [0, 0.1) is 10.5 Å². The van der Waals surface area contributed by atoms with E-state index >= 15 is 0 Å². The number of aromatic amines is 1. The van der Waals surface area contributed by atoms with E-state index in [0.29, 0.717) is 0 Å². The summed E-state index contributed by atoms with van der Waals surface area (Å²) in [6, 6.07) is 4.22. The van der Waals surface area contributed by atoms with Crippen molar-refractivity contribution >= 4 is 44.4 Å². The molecule has 2 aromatic heterocycles. The van der Waals surface area contributed by atoms with Crippen molar-refractivity contribution < 1.29 is 0 Å². The topological polar surface area (TPSA) is 41.6 Å². The highest BCUT2D eigenvalue weighted by molar-refractivity contribution is 14.1. The molecule has 1 N–H and O–H groups in total. The molecular weight excluding hydrogens is 301 g/mol. The van der Waals surface area contributed by atoms with E-state index in [9.17, 15) is 0 Å². The molecule has 0 aliphatic heterocycles. The number of nitrogens with one attached hydrogen (secondary N) is 1. The number of hydrogen-bond donors (Lipinski definition) is 1. The van der Waals surface area contributed by atoms with E-state index in [1.807, 2.05) is 6.20 Å². The maximum atomic E-state index is 4.27. The summed E-state index contributed by atoms with van der Waals surface area (Å²) >= 11 is 2.33. The molecule has 2 heterocycles. The zero-order valence-corrected chi connectivity index (χ0v) is 10.2. The molecule has 3 nitrogen and oxygen atoms in total. The standard InChI is InChI=1S/C11H8IN3/c1-6-2-7-8-4-13-5-14-10(8)3-9(12)11(7)15-6/h2-5,15H,1H3. The Morgan fingerprint density at radius 2 is 2.13 bits per heavy atom. The van der Waals surface area contributed by atoms with Crippen molar-refractivity contribution in [2.45, 2.75) is 6.92 Å². The minimum Gasteiger partial charge on any atom is -0.358 e. The normalized spacial score (nSPS) is 11.3. The third-order valence-electron chi connectivity index (χ3n) is 2.49. The summed E-state index contributed by atoms with van der Waals surface area (Å²) in [5.41, 5.74) is 3.34. The summed E-state index contributed by atoms with van der Waals surface area (Å²) in [5, 5.41) is 2.31. The van der Waals surface area contributed by atoms with Crippen LogP contribution >= 0.6 is 22.6 Å². The fourth-order valence-corrected chi connectivity index (χ4v) is 2.56. The summed E-state index contributed by atoms with van der Waals surface area (Å²) in [6.07, 6.45) is 3.46. The number of aromatic nitrogens is 3. The first-order chi connectivity index (χ1) is 7.25. The molecule has 0 aliphatic carbocycles. The van der Waals surface area contributed by atoms with Gasteiger partial charge < -0.3 is 4.98 Å². The van der Waals surface area contributed by atoms with Crippen molar-refractivity contribution in [3.8, 4) is 0 Å². The van der Waals surface area contributed by atoms with E-state index in [4.69, 9.17) is 0 Å². The van der Waals surface area contributed by atoms with E-state index in [1.54, 1.807) is 6.33 Å². The van der Waals surface area contributed by atoms with Crippen molar-refractivity contribution in [2.75, 3.05) is 0 Å². The number of halogens is 1. The zero-order valence-electron chi connectivity index (χ0n) is 8.08. The Labute approximate surface area is 100 Å². The second-order valence-corrected chi connectivity index (χ2v) is 4.72. The molecule has 0 atom stereocenters.